The number of rotatable bonds is 1. The van der Waals surface area contributed by atoms with E-state index in [9.17, 15) is 13.6 Å². The summed E-state index contributed by atoms with van der Waals surface area (Å²) in [5, 5.41) is 4.60. The Bertz CT molecular complexity index is 623. The molecule has 0 saturated carbocycles. The van der Waals surface area contributed by atoms with Crippen LogP contribution in [0.3, 0.4) is 0 Å². The highest BCUT2D eigenvalue weighted by Gasteiger charge is 2.29. The van der Waals surface area contributed by atoms with Crippen LogP contribution in [0.4, 0.5) is 14.5 Å². The van der Waals surface area contributed by atoms with E-state index in [1.807, 2.05) is 5.38 Å². The van der Waals surface area contributed by atoms with Crippen molar-refractivity contribution in [3.63, 3.8) is 0 Å². The summed E-state index contributed by atoms with van der Waals surface area (Å²) < 4.78 is 26.7. The summed E-state index contributed by atoms with van der Waals surface area (Å²) in [6.07, 6.45) is 0.191. The van der Waals surface area contributed by atoms with Crippen molar-refractivity contribution in [2.75, 3.05) is 5.32 Å². The van der Waals surface area contributed by atoms with E-state index in [2.05, 4.69) is 5.32 Å². The van der Waals surface area contributed by atoms with Crippen molar-refractivity contribution in [1.29, 1.82) is 0 Å². The summed E-state index contributed by atoms with van der Waals surface area (Å²) >= 11 is 1.47. The predicted octanol–water partition coefficient (Wildman–Crippen LogP) is 3.50. The molecule has 5 heteroatoms. The van der Waals surface area contributed by atoms with Crippen molar-refractivity contribution in [2.24, 2.45) is 0 Å². The van der Waals surface area contributed by atoms with E-state index < -0.39 is 11.6 Å². The topological polar surface area (TPSA) is 29.1 Å². The van der Waals surface area contributed by atoms with E-state index in [1.54, 1.807) is 6.07 Å². The summed E-state index contributed by atoms with van der Waals surface area (Å²) in [5.74, 6) is -1.68. The van der Waals surface area contributed by atoms with Crippen molar-refractivity contribution in [3.8, 4) is 0 Å². The lowest BCUT2D eigenvalue weighted by molar-refractivity contribution is -0.116. The molecule has 1 aromatic heterocycles. The van der Waals surface area contributed by atoms with E-state index in [-0.39, 0.29) is 18.2 Å². The van der Waals surface area contributed by atoms with Crippen LogP contribution in [0.5, 0.6) is 0 Å². The Morgan fingerprint density at radius 1 is 1.28 bits per heavy atom. The van der Waals surface area contributed by atoms with Crippen molar-refractivity contribution in [1.82, 2.24) is 0 Å². The summed E-state index contributed by atoms with van der Waals surface area (Å²) in [6.45, 7) is 0. The van der Waals surface area contributed by atoms with Gasteiger partial charge in [0.2, 0.25) is 5.91 Å². The Labute approximate surface area is 106 Å². The second-order valence-electron chi connectivity index (χ2n) is 4.17. The average Bonchev–Trinajstić information content (AvgIpc) is 2.76. The van der Waals surface area contributed by atoms with Crippen LogP contribution in [0.1, 0.15) is 22.8 Å². The minimum absolute atomic E-state index is 0.144. The lowest BCUT2D eigenvalue weighted by Crippen LogP contribution is -2.22. The Hall–Kier alpha value is -1.75. The smallest absolute Gasteiger partial charge is 0.225 e. The zero-order valence-corrected chi connectivity index (χ0v) is 10.1. The van der Waals surface area contributed by atoms with Gasteiger partial charge in [-0.2, -0.15) is 0 Å². The minimum Gasteiger partial charge on any atom is -0.325 e. The molecule has 0 spiro atoms. The van der Waals surface area contributed by atoms with Gasteiger partial charge in [0.05, 0.1) is 5.69 Å². The molecule has 0 bridgehead atoms. The molecule has 2 nitrogen and oxygen atoms in total. The van der Waals surface area contributed by atoms with Crippen molar-refractivity contribution < 1.29 is 13.6 Å². The largest absolute Gasteiger partial charge is 0.325 e. The van der Waals surface area contributed by atoms with E-state index in [4.69, 9.17) is 0 Å². The second-order valence-corrected chi connectivity index (χ2v) is 5.12. The molecule has 0 saturated heterocycles. The van der Waals surface area contributed by atoms with Gasteiger partial charge in [0, 0.05) is 23.3 Å². The van der Waals surface area contributed by atoms with Gasteiger partial charge >= 0.3 is 0 Å². The van der Waals surface area contributed by atoms with Crippen LogP contribution >= 0.6 is 11.3 Å². The van der Waals surface area contributed by atoms with Gasteiger partial charge in [-0.05, 0) is 23.1 Å². The highest BCUT2D eigenvalue weighted by molar-refractivity contribution is 7.10. The third-order valence-corrected chi connectivity index (χ3v) is 4.04. The van der Waals surface area contributed by atoms with E-state index >= 15 is 0 Å². The lowest BCUT2D eigenvalue weighted by atomic mass is 9.90. The number of halogens is 2. The highest BCUT2D eigenvalue weighted by Crippen LogP contribution is 2.41. The fraction of sp³-hybridized carbons (Fsp3) is 0.154. The Morgan fingerprint density at radius 2 is 2.11 bits per heavy atom. The Morgan fingerprint density at radius 3 is 2.89 bits per heavy atom. The van der Waals surface area contributed by atoms with Crippen LogP contribution in [0.2, 0.25) is 0 Å². The van der Waals surface area contributed by atoms with Crippen molar-refractivity contribution in [3.05, 3.63) is 51.7 Å². The van der Waals surface area contributed by atoms with E-state index in [0.717, 1.165) is 16.6 Å². The van der Waals surface area contributed by atoms with Crippen LogP contribution in [-0.4, -0.2) is 5.91 Å². The number of hydrogen-bond donors (Lipinski definition) is 1. The number of nitrogens with one attached hydrogen (secondary N) is 1. The predicted molar refractivity (Wildman–Crippen MR) is 65.8 cm³/mol. The first-order valence-electron chi connectivity index (χ1n) is 5.47. The van der Waals surface area contributed by atoms with Gasteiger partial charge in [0.25, 0.3) is 0 Å². The van der Waals surface area contributed by atoms with Gasteiger partial charge < -0.3 is 5.32 Å². The Balaban J connectivity index is 2.10. The second kappa shape index (κ2) is 4.17. The zero-order chi connectivity index (χ0) is 12.7. The maximum absolute atomic E-state index is 13.8. The van der Waals surface area contributed by atoms with Crippen molar-refractivity contribution in [2.45, 2.75) is 12.3 Å². The van der Waals surface area contributed by atoms with E-state index in [0.29, 0.717) is 5.56 Å². The number of benzene rings is 1. The summed E-state index contributed by atoms with van der Waals surface area (Å²) in [7, 11) is 0. The summed E-state index contributed by atoms with van der Waals surface area (Å²) in [5.41, 5.74) is 1.10. The summed E-state index contributed by atoms with van der Waals surface area (Å²) in [6, 6.07) is 5.29. The molecule has 1 amide bonds. The number of anilines is 1. The fourth-order valence-corrected chi connectivity index (χ4v) is 3.18. The van der Waals surface area contributed by atoms with Gasteiger partial charge in [-0.3, -0.25) is 4.79 Å². The number of fused-ring (bicyclic) bond motifs is 1. The normalized spacial score (nSPS) is 18.3. The minimum atomic E-state index is -0.608. The van der Waals surface area contributed by atoms with Crippen LogP contribution in [0, 0.1) is 11.6 Å². The SMILES string of the molecule is O=C1C[C@@H](c2ccc(F)cc2F)c2sccc2N1. The molecular formula is C13H9F2NOS. The first-order valence-corrected chi connectivity index (χ1v) is 6.35. The fourth-order valence-electron chi connectivity index (χ4n) is 2.21. The lowest BCUT2D eigenvalue weighted by Gasteiger charge is -2.23. The molecule has 2 aromatic rings. The van der Waals surface area contributed by atoms with Gasteiger partial charge in [-0.25, -0.2) is 8.78 Å². The van der Waals surface area contributed by atoms with Gasteiger partial charge in [0.1, 0.15) is 11.6 Å². The molecule has 1 aliphatic rings. The molecule has 2 heterocycles. The Kier molecular flexibility index (Phi) is 2.63. The van der Waals surface area contributed by atoms with Crippen LogP contribution < -0.4 is 5.32 Å². The number of carbonyl (C=O) groups excluding carboxylic acids is 1. The van der Waals surface area contributed by atoms with Crippen LogP contribution in [0.15, 0.2) is 29.6 Å². The molecule has 92 valence electrons. The molecule has 0 aliphatic carbocycles. The van der Waals surface area contributed by atoms with E-state index in [1.165, 1.54) is 23.5 Å². The molecule has 1 N–H and O–H groups in total. The molecule has 18 heavy (non-hydrogen) atoms. The quantitative estimate of drug-likeness (QED) is 0.840. The van der Waals surface area contributed by atoms with Crippen molar-refractivity contribution >= 4 is 22.9 Å². The number of hydrogen-bond acceptors (Lipinski definition) is 2. The molecular weight excluding hydrogens is 256 g/mol. The maximum Gasteiger partial charge on any atom is 0.225 e. The first-order chi connectivity index (χ1) is 8.65. The first kappa shape index (κ1) is 11.3. The highest BCUT2D eigenvalue weighted by atomic mass is 32.1. The van der Waals surface area contributed by atoms with Crippen LogP contribution in [0.25, 0.3) is 0 Å². The number of thiophene rings is 1. The molecule has 3 rings (SSSR count). The molecule has 0 unspecified atom stereocenters. The van der Waals surface area contributed by atoms with Gasteiger partial charge in [0.15, 0.2) is 0 Å². The molecule has 0 fully saturated rings. The monoisotopic (exact) mass is 265 g/mol. The summed E-state index contributed by atoms with van der Waals surface area (Å²) in [4.78, 5) is 12.5. The number of amides is 1. The third kappa shape index (κ3) is 1.80. The average molecular weight is 265 g/mol. The number of carbonyl (C=O) groups is 1. The molecule has 1 aliphatic heterocycles. The maximum atomic E-state index is 13.8. The zero-order valence-electron chi connectivity index (χ0n) is 9.24. The van der Waals surface area contributed by atoms with Crippen LogP contribution in [-0.2, 0) is 4.79 Å². The van der Waals surface area contributed by atoms with Gasteiger partial charge in [-0.1, -0.05) is 6.07 Å². The molecule has 0 radical (unpaired) electrons. The third-order valence-electron chi connectivity index (χ3n) is 3.01. The molecule has 1 atom stereocenters. The van der Waals surface area contributed by atoms with Gasteiger partial charge in [-0.15, -0.1) is 11.3 Å². The molecule has 1 aromatic carbocycles. The standard InChI is InChI=1S/C13H9F2NOS/c14-7-1-2-8(10(15)5-7)9-6-12(17)16-11-3-4-18-13(9)11/h1-5,9H,6H2,(H,16,17)/t9-/m0/s1.